The Morgan fingerprint density at radius 1 is 1.00 bits per heavy atom. The Labute approximate surface area is 98.3 Å². The quantitative estimate of drug-likeness (QED) is 0.573. The number of aryl methyl sites for hydroxylation is 1. The molecule has 0 radical (unpaired) electrons. The first-order valence-electron chi connectivity index (χ1n) is 5.11. The Hall–Kier alpha value is -1.61. The number of hydrogen-bond acceptors (Lipinski definition) is 3. The lowest BCUT2D eigenvalue weighted by atomic mass is 10.2. The number of benzene rings is 2. The van der Waals surface area contributed by atoms with Crippen molar-refractivity contribution in [3.05, 3.63) is 42.0 Å². The highest BCUT2D eigenvalue weighted by Crippen LogP contribution is 2.45. The molecule has 0 atom stereocenters. The summed E-state index contributed by atoms with van der Waals surface area (Å²) in [6.45, 7) is 2.08. The van der Waals surface area contributed by atoms with Crippen LogP contribution in [0.3, 0.4) is 0 Å². The fourth-order valence-electron chi connectivity index (χ4n) is 1.78. The molecule has 16 heavy (non-hydrogen) atoms. The highest BCUT2D eigenvalue weighted by Gasteiger charge is 2.15. The Bertz CT molecular complexity index is 516. The van der Waals surface area contributed by atoms with Crippen LogP contribution in [0.25, 0.3) is 0 Å². The number of fused-ring (bicyclic) bond motifs is 2. The average Bonchev–Trinajstić information content (AvgIpc) is 2.26. The SMILES string of the molecule is Cc1ccc2c(c1)Sc1cc(O)ccc1N2. The Morgan fingerprint density at radius 3 is 2.50 bits per heavy atom. The van der Waals surface area contributed by atoms with E-state index in [9.17, 15) is 5.11 Å². The number of aromatic hydroxyl groups is 1. The number of rotatable bonds is 0. The molecule has 3 heteroatoms. The van der Waals surface area contributed by atoms with Crippen LogP contribution in [0.1, 0.15) is 5.56 Å². The molecule has 0 unspecified atom stereocenters. The fourth-order valence-corrected chi connectivity index (χ4v) is 2.90. The monoisotopic (exact) mass is 229 g/mol. The lowest BCUT2D eigenvalue weighted by Gasteiger charge is -2.21. The first-order chi connectivity index (χ1) is 7.72. The van der Waals surface area contributed by atoms with Gasteiger partial charge in [0, 0.05) is 9.79 Å². The lowest BCUT2D eigenvalue weighted by molar-refractivity contribution is 0.474. The second-order valence-corrected chi connectivity index (χ2v) is 4.99. The third kappa shape index (κ3) is 1.53. The van der Waals surface area contributed by atoms with E-state index in [4.69, 9.17) is 0 Å². The van der Waals surface area contributed by atoms with Crippen LogP contribution in [-0.2, 0) is 0 Å². The minimum absolute atomic E-state index is 0.309. The van der Waals surface area contributed by atoms with E-state index >= 15 is 0 Å². The van der Waals surface area contributed by atoms with E-state index in [1.165, 1.54) is 10.5 Å². The van der Waals surface area contributed by atoms with Gasteiger partial charge in [-0.25, -0.2) is 0 Å². The van der Waals surface area contributed by atoms with Gasteiger partial charge >= 0.3 is 0 Å². The third-order valence-electron chi connectivity index (χ3n) is 2.59. The highest BCUT2D eigenvalue weighted by molar-refractivity contribution is 7.99. The number of phenolic OH excluding ortho intramolecular Hbond substituents is 1. The number of nitrogens with one attached hydrogen (secondary N) is 1. The van der Waals surface area contributed by atoms with Crippen molar-refractivity contribution in [2.24, 2.45) is 0 Å². The number of hydrogen-bond donors (Lipinski definition) is 2. The summed E-state index contributed by atoms with van der Waals surface area (Å²) in [6, 6.07) is 11.7. The van der Waals surface area contributed by atoms with Gasteiger partial charge in [0.25, 0.3) is 0 Å². The molecule has 0 amide bonds. The van der Waals surface area contributed by atoms with Crippen LogP contribution in [0.4, 0.5) is 11.4 Å². The number of anilines is 2. The third-order valence-corrected chi connectivity index (χ3v) is 3.71. The van der Waals surface area contributed by atoms with Gasteiger partial charge in [-0.05, 0) is 42.8 Å². The Kier molecular flexibility index (Phi) is 2.07. The molecule has 0 fully saturated rings. The highest BCUT2D eigenvalue weighted by atomic mass is 32.2. The Morgan fingerprint density at radius 2 is 1.69 bits per heavy atom. The van der Waals surface area contributed by atoms with Crippen molar-refractivity contribution in [2.75, 3.05) is 5.32 Å². The average molecular weight is 229 g/mol. The zero-order valence-corrected chi connectivity index (χ0v) is 9.64. The summed E-state index contributed by atoms with van der Waals surface area (Å²) in [7, 11) is 0. The molecule has 0 aliphatic carbocycles. The minimum Gasteiger partial charge on any atom is -0.508 e. The molecule has 1 aliphatic heterocycles. The second-order valence-electron chi connectivity index (χ2n) is 3.91. The van der Waals surface area contributed by atoms with Gasteiger partial charge in [0.05, 0.1) is 11.4 Å². The molecule has 0 spiro atoms. The second kappa shape index (κ2) is 3.46. The molecule has 0 aromatic heterocycles. The van der Waals surface area contributed by atoms with Gasteiger partial charge in [0.2, 0.25) is 0 Å². The largest absolute Gasteiger partial charge is 0.508 e. The van der Waals surface area contributed by atoms with E-state index in [1.54, 1.807) is 23.9 Å². The number of phenols is 1. The minimum atomic E-state index is 0.309. The van der Waals surface area contributed by atoms with Gasteiger partial charge in [-0.1, -0.05) is 17.8 Å². The van der Waals surface area contributed by atoms with Gasteiger partial charge in [-0.15, -0.1) is 0 Å². The molecule has 0 saturated carbocycles. The van der Waals surface area contributed by atoms with Gasteiger partial charge in [-0.3, -0.25) is 0 Å². The maximum absolute atomic E-state index is 9.45. The van der Waals surface area contributed by atoms with Crippen LogP contribution in [-0.4, -0.2) is 5.11 Å². The van der Waals surface area contributed by atoms with E-state index < -0.39 is 0 Å². The summed E-state index contributed by atoms with van der Waals surface area (Å²) < 4.78 is 0. The maximum atomic E-state index is 9.45. The van der Waals surface area contributed by atoms with Crippen LogP contribution >= 0.6 is 11.8 Å². The van der Waals surface area contributed by atoms with Crippen molar-refractivity contribution in [2.45, 2.75) is 16.7 Å². The summed E-state index contributed by atoms with van der Waals surface area (Å²) in [6.07, 6.45) is 0. The molecule has 1 heterocycles. The fraction of sp³-hybridized carbons (Fsp3) is 0.0769. The van der Waals surface area contributed by atoms with Gasteiger partial charge in [0.1, 0.15) is 5.75 Å². The summed E-state index contributed by atoms with van der Waals surface area (Å²) in [4.78, 5) is 2.27. The zero-order chi connectivity index (χ0) is 11.1. The predicted octanol–water partition coefficient (Wildman–Crippen LogP) is 3.91. The van der Waals surface area contributed by atoms with Crippen molar-refractivity contribution in [1.29, 1.82) is 0 Å². The van der Waals surface area contributed by atoms with Crippen LogP contribution < -0.4 is 5.32 Å². The van der Waals surface area contributed by atoms with Crippen LogP contribution in [0.15, 0.2) is 46.2 Å². The maximum Gasteiger partial charge on any atom is 0.116 e. The lowest BCUT2D eigenvalue weighted by Crippen LogP contribution is -1.99. The predicted molar refractivity (Wildman–Crippen MR) is 66.7 cm³/mol. The van der Waals surface area contributed by atoms with Crippen molar-refractivity contribution < 1.29 is 5.11 Å². The molecule has 0 saturated heterocycles. The topological polar surface area (TPSA) is 32.3 Å². The van der Waals surface area contributed by atoms with Crippen LogP contribution in [0.5, 0.6) is 5.75 Å². The molecule has 2 aromatic carbocycles. The molecule has 2 aromatic rings. The van der Waals surface area contributed by atoms with Crippen molar-refractivity contribution in [3.8, 4) is 5.75 Å². The van der Waals surface area contributed by atoms with Gasteiger partial charge in [-0.2, -0.15) is 0 Å². The van der Waals surface area contributed by atoms with Crippen molar-refractivity contribution >= 4 is 23.1 Å². The molecule has 1 aliphatic rings. The van der Waals surface area contributed by atoms with Crippen molar-refractivity contribution in [1.82, 2.24) is 0 Å². The first-order valence-corrected chi connectivity index (χ1v) is 5.92. The summed E-state index contributed by atoms with van der Waals surface area (Å²) >= 11 is 1.69. The summed E-state index contributed by atoms with van der Waals surface area (Å²) in [5.74, 6) is 0.309. The van der Waals surface area contributed by atoms with Crippen LogP contribution in [0.2, 0.25) is 0 Å². The van der Waals surface area contributed by atoms with E-state index in [1.807, 2.05) is 6.07 Å². The van der Waals surface area contributed by atoms with E-state index in [0.29, 0.717) is 5.75 Å². The molecule has 0 bridgehead atoms. The summed E-state index contributed by atoms with van der Waals surface area (Å²) in [5.41, 5.74) is 3.43. The van der Waals surface area contributed by atoms with Gasteiger partial charge in [0.15, 0.2) is 0 Å². The molecule has 80 valence electrons. The molecule has 3 rings (SSSR count). The zero-order valence-electron chi connectivity index (χ0n) is 8.82. The van der Waals surface area contributed by atoms with Gasteiger partial charge < -0.3 is 10.4 Å². The normalized spacial score (nSPS) is 12.6. The molecule has 2 nitrogen and oxygen atoms in total. The first kappa shape index (κ1) is 9.60. The van der Waals surface area contributed by atoms with E-state index in [0.717, 1.165) is 16.3 Å². The van der Waals surface area contributed by atoms with E-state index in [-0.39, 0.29) is 0 Å². The summed E-state index contributed by atoms with van der Waals surface area (Å²) in [5, 5.41) is 12.8. The molecular weight excluding hydrogens is 218 g/mol. The molecular formula is C13H11NOS. The van der Waals surface area contributed by atoms with E-state index in [2.05, 4.69) is 30.4 Å². The standard InChI is InChI=1S/C13H11NOS/c1-8-2-4-10-12(6-8)16-13-7-9(15)3-5-11(13)14-10/h2-7,14-15H,1H3. The Balaban J connectivity index is 2.10. The van der Waals surface area contributed by atoms with Crippen LogP contribution in [0, 0.1) is 6.92 Å². The smallest absolute Gasteiger partial charge is 0.116 e. The van der Waals surface area contributed by atoms with Crippen molar-refractivity contribution in [3.63, 3.8) is 0 Å². The molecule has 2 N–H and O–H groups in total.